The van der Waals surface area contributed by atoms with Crippen LogP contribution in [0.2, 0.25) is 5.02 Å². The number of aliphatic hydroxyl groups excluding tert-OH is 14. The van der Waals surface area contributed by atoms with E-state index in [1.54, 1.807) is 0 Å². The largest absolute Gasteiger partial charge is 0.460 e. The Kier molecular flexibility index (Phi) is 18.9. The van der Waals surface area contributed by atoms with E-state index in [9.17, 15) is 86.4 Å². The van der Waals surface area contributed by atoms with Crippen LogP contribution in [-0.4, -0.2) is 275 Å². The first kappa shape index (κ1) is 56.1. The highest BCUT2D eigenvalue weighted by Crippen LogP contribution is 2.38. The minimum absolute atomic E-state index is 0.135. The lowest BCUT2D eigenvalue weighted by Gasteiger charge is -2.50. The normalized spacial score (nSPS) is 46.3. The molecule has 6 aliphatic heterocycles. The molecule has 6 heterocycles. The van der Waals surface area contributed by atoms with Crippen molar-refractivity contribution in [2.45, 2.75) is 173 Å². The number of carbonyl (C=O) groups is 1. The number of halogens is 1. The van der Waals surface area contributed by atoms with E-state index in [0.717, 1.165) is 18.2 Å². The Morgan fingerprint density at radius 3 is 1.35 bits per heavy atom. The van der Waals surface area contributed by atoms with E-state index in [0.29, 0.717) is 0 Å². The van der Waals surface area contributed by atoms with Gasteiger partial charge in [-0.2, -0.15) is 0 Å². The molecule has 404 valence electrons. The van der Waals surface area contributed by atoms with Crippen LogP contribution in [0.25, 0.3) is 0 Å². The molecule has 0 saturated carbocycles. The van der Waals surface area contributed by atoms with E-state index in [2.05, 4.69) is 0 Å². The Hall–Kier alpha value is -2.62. The van der Waals surface area contributed by atoms with E-state index < -0.39 is 191 Å². The number of aliphatic hydroxyl groups is 14. The first-order valence-electron chi connectivity index (χ1n) is 22.2. The second kappa shape index (κ2) is 23.9. The lowest BCUT2D eigenvalue weighted by molar-refractivity contribution is -0.398. The molecule has 6 fully saturated rings. The predicted octanol–water partition coefficient (Wildman–Crippen LogP) is -7.91. The fraction of sp³-hybridized carbons (Fsp3) is 0.825. The van der Waals surface area contributed by atoms with Gasteiger partial charge >= 0.3 is 0 Å². The molecule has 6 aliphatic rings. The van der Waals surface area contributed by atoms with E-state index in [1.165, 1.54) is 6.92 Å². The summed E-state index contributed by atoms with van der Waals surface area (Å²) in [5, 5.41) is 163. The number of benzene rings is 1. The highest BCUT2D eigenvalue weighted by atomic mass is 35.5. The molecule has 30 nitrogen and oxygen atoms in total. The first-order chi connectivity index (χ1) is 33.7. The molecule has 0 amide bonds. The smallest absolute Gasteiger partial charge is 0.271 e. The third kappa shape index (κ3) is 11.9. The average Bonchev–Trinajstić information content (AvgIpc) is 3.34. The molecule has 0 aliphatic carbocycles. The Balaban J connectivity index is 0.948. The summed E-state index contributed by atoms with van der Waals surface area (Å²) in [5.74, 6) is -0.468. The summed E-state index contributed by atoms with van der Waals surface area (Å²) in [4.78, 5) is 21.9. The van der Waals surface area contributed by atoms with Crippen molar-refractivity contribution in [2.24, 2.45) is 0 Å². The van der Waals surface area contributed by atoms with Gasteiger partial charge in [0.2, 0.25) is 6.29 Å². The number of Topliss-reactive ketones (excluding diaryl/α,β-unsaturated/α-hetero) is 1. The third-order valence-electron chi connectivity index (χ3n) is 12.7. The first-order valence-corrected chi connectivity index (χ1v) is 22.6. The second-order valence-corrected chi connectivity index (χ2v) is 17.9. The van der Waals surface area contributed by atoms with Crippen LogP contribution in [-0.2, 0) is 56.9 Å². The van der Waals surface area contributed by atoms with Gasteiger partial charge < -0.3 is 128 Å². The molecule has 1 aromatic carbocycles. The maximum Gasteiger partial charge on any atom is 0.271 e. The molecule has 0 bridgehead atoms. The van der Waals surface area contributed by atoms with Gasteiger partial charge in [-0.3, -0.25) is 14.9 Å². The van der Waals surface area contributed by atoms with Crippen LogP contribution in [0.5, 0.6) is 5.75 Å². The predicted molar refractivity (Wildman–Crippen MR) is 220 cm³/mol. The van der Waals surface area contributed by atoms with Gasteiger partial charge in [-0.1, -0.05) is 11.6 Å². The topological polar surface area (TPSA) is 454 Å². The Morgan fingerprint density at radius 2 is 0.972 bits per heavy atom. The molecule has 0 spiro atoms. The summed E-state index contributed by atoms with van der Waals surface area (Å²) in [6.45, 7) is -2.72. The van der Waals surface area contributed by atoms with Crippen LogP contribution in [0, 0.1) is 10.1 Å². The number of nitrogens with zero attached hydrogens (tertiary/aromatic N) is 1. The zero-order valence-electron chi connectivity index (χ0n) is 37.2. The quantitative estimate of drug-likeness (QED) is 0.0509. The number of ketones is 1. The lowest BCUT2D eigenvalue weighted by atomic mass is 9.95. The molecule has 0 radical (unpaired) electrons. The van der Waals surface area contributed by atoms with Gasteiger partial charge in [0.15, 0.2) is 31.5 Å². The van der Waals surface area contributed by atoms with Gasteiger partial charge in [0.1, 0.15) is 134 Å². The number of nitro benzene ring substituents is 1. The van der Waals surface area contributed by atoms with Gasteiger partial charge in [-0.15, -0.1) is 0 Å². The summed E-state index contributed by atoms with van der Waals surface area (Å²) in [7, 11) is 0. The van der Waals surface area contributed by atoms with E-state index in [4.69, 9.17) is 68.4 Å². The van der Waals surface area contributed by atoms with Gasteiger partial charge in [0, 0.05) is 12.1 Å². The zero-order valence-corrected chi connectivity index (χ0v) is 38.0. The molecule has 1 aromatic rings. The molecule has 26 atom stereocenters. The van der Waals surface area contributed by atoms with Crippen molar-refractivity contribution in [2.75, 3.05) is 33.0 Å². The molecule has 31 heteroatoms. The minimum atomic E-state index is -2.15. The van der Waals surface area contributed by atoms with Crippen molar-refractivity contribution in [1.29, 1.82) is 0 Å². The fourth-order valence-corrected chi connectivity index (χ4v) is 9.06. The van der Waals surface area contributed by atoms with Crippen molar-refractivity contribution in [3.05, 3.63) is 33.3 Å². The van der Waals surface area contributed by atoms with Crippen LogP contribution < -0.4 is 4.74 Å². The Morgan fingerprint density at radius 1 is 0.592 bits per heavy atom. The monoisotopic (exact) mass is 1050 g/mol. The SMILES string of the molecule is CC(=O)CC1OC[C@H]2O[C@H](O[C@H]3[C@H](O)[C@@H](O)[C@@H](O[C@H]4[C@H](O)[C@@H](O)[C@@H](O[C@H]5[C@H](O)[C@@H](O)[C@@H](O[C@H]6[C@H](O)[C@@H](O)[C@@H](Oc7ccc([N+](=O)[O-])cc7Cl)O[C@@H]6CO)O[C@@H]5CO)O[C@@H]4CO)O[C@@H]3CO)[C@H](O)[C@@H](O)[C@@H]2O1. The van der Waals surface area contributed by atoms with Crippen LogP contribution >= 0.6 is 11.6 Å². The highest BCUT2D eigenvalue weighted by molar-refractivity contribution is 6.32. The van der Waals surface area contributed by atoms with Crippen molar-refractivity contribution in [3.8, 4) is 5.75 Å². The molecular formula is C40H58ClNO29. The van der Waals surface area contributed by atoms with Crippen LogP contribution in [0.3, 0.4) is 0 Å². The van der Waals surface area contributed by atoms with Crippen LogP contribution in [0.15, 0.2) is 18.2 Å². The molecule has 0 aromatic heterocycles. The van der Waals surface area contributed by atoms with Gasteiger partial charge in [0.25, 0.3) is 5.69 Å². The maximum atomic E-state index is 11.5. The van der Waals surface area contributed by atoms with Gasteiger partial charge in [0.05, 0.1) is 49.4 Å². The number of nitro groups is 1. The number of hydrogen-bond acceptors (Lipinski definition) is 29. The number of ether oxygens (including phenoxy) is 12. The minimum Gasteiger partial charge on any atom is -0.460 e. The molecule has 6 saturated heterocycles. The standard InChI is InChI=1S/C40H58ClNO29/c1-11(47)4-20-60-10-19-35(67-20)25(52)30(57)40(66-19)71-34-18(9-46)65-39(29(56)24(34)51)70-33-17(8-45)64-38(28(55)23(33)50)69-32-16(7-44)63-37(27(54)22(32)49)68-31-15(6-43)62-36(26(53)21(31)48)61-14-3-2-12(42(58)59)5-13(14)41/h2-3,5,15-40,43-46,48-57H,4,6-10H2,1H3/t15-,16-,17-,18-,19-,20?,21-,22-,23-,24-,25-,26-,27-,28-,29-,30-,31-,32-,33-,34-,35-,36+,37-,38-,39-,40-/m1/s1. The Bertz CT molecular complexity index is 1920. The molecule has 7 rings (SSSR count). The molecule has 14 N–H and O–H groups in total. The van der Waals surface area contributed by atoms with E-state index >= 15 is 0 Å². The van der Waals surface area contributed by atoms with Crippen molar-refractivity contribution in [1.82, 2.24) is 0 Å². The Labute approximate surface area is 405 Å². The van der Waals surface area contributed by atoms with Crippen molar-refractivity contribution >= 4 is 23.1 Å². The highest BCUT2D eigenvalue weighted by Gasteiger charge is 2.57. The van der Waals surface area contributed by atoms with E-state index in [-0.39, 0.29) is 35.3 Å². The zero-order chi connectivity index (χ0) is 51.7. The van der Waals surface area contributed by atoms with Gasteiger partial charge in [-0.25, -0.2) is 0 Å². The third-order valence-corrected chi connectivity index (χ3v) is 13.0. The second-order valence-electron chi connectivity index (χ2n) is 17.5. The van der Waals surface area contributed by atoms with Crippen LogP contribution in [0.1, 0.15) is 13.3 Å². The number of hydrogen-bond donors (Lipinski definition) is 14. The lowest BCUT2D eigenvalue weighted by Crippen LogP contribution is -2.68. The average molecular weight is 1050 g/mol. The summed E-state index contributed by atoms with van der Waals surface area (Å²) >= 11 is 6.07. The van der Waals surface area contributed by atoms with E-state index in [1.807, 2.05) is 0 Å². The number of non-ortho nitro benzene ring substituents is 1. The number of rotatable bonds is 17. The summed E-state index contributed by atoms with van der Waals surface area (Å²) in [6.07, 6.45) is -46.2. The summed E-state index contributed by atoms with van der Waals surface area (Å²) in [5.41, 5.74) is -0.382. The molecule has 1 unspecified atom stereocenters. The maximum absolute atomic E-state index is 11.5. The molecule has 71 heavy (non-hydrogen) atoms. The fourth-order valence-electron chi connectivity index (χ4n) is 8.84. The summed E-state index contributed by atoms with van der Waals surface area (Å²) in [6, 6.07) is 3.10. The van der Waals surface area contributed by atoms with Gasteiger partial charge in [-0.05, 0) is 13.0 Å². The number of carbonyl (C=O) groups excluding carboxylic acids is 1. The van der Waals surface area contributed by atoms with Crippen molar-refractivity contribution in [3.63, 3.8) is 0 Å². The van der Waals surface area contributed by atoms with Crippen LogP contribution in [0.4, 0.5) is 5.69 Å². The summed E-state index contributed by atoms with van der Waals surface area (Å²) < 4.78 is 67.6. The number of fused-ring (bicyclic) bond motifs is 1. The van der Waals surface area contributed by atoms with Crippen molar-refractivity contribution < 1.29 is 138 Å². The molecular weight excluding hydrogens is 994 g/mol.